The highest BCUT2D eigenvalue weighted by molar-refractivity contribution is 5.98. The zero-order valence-electron chi connectivity index (χ0n) is 16.0. The van der Waals surface area contributed by atoms with Gasteiger partial charge in [0.05, 0.1) is 16.6 Å². The van der Waals surface area contributed by atoms with Gasteiger partial charge in [0.1, 0.15) is 5.75 Å². The first-order chi connectivity index (χ1) is 14.7. The number of rotatable bonds is 3. The fourth-order valence-electron chi connectivity index (χ4n) is 3.69. The Hall–Kier alpha value is -4.18. The Balaban J connectivity index is 1.86. The fourth-order valence-corrected chi connectivity index (χ4v) is 3.69. The van der Waals surface area contributed by atoms with E-state index in [9.17, 15) is 9.90 Å². The van der Waals surface area contributed by atoms with Crippen LogP contribution in [0.25, 0.3) is 44.4 Å². The third kappa shape index (κ3) is 3.14. The van der Waals surface area contributed by atoms with Crippen LogP contribution in [0.1, 0.15) is 0 Å². The fraction of sp³-hybridized carbons (Fsp3) is 0. The van der Waals surface area contributed by atoms with Gasteiger partial charge in [0.2, 0.25) is 0 Å². The van der Waals surface area contributed by atoms with Crippen molar-refractivity contribution in [3.63, 3.8) is 0 Å². The van der Waals surface area contributed by atoms with Crippen LogP contribution in [0.2, 0.25) is 0 Å². The Bertz CT molecular complexity index is 1390. The summed E-state index contributed by atoms with van der Waals surface area (Å²) >= 11 is 0. The minimum atomic E-state index is -0.183. The smallest absolute Gasteiger partial charge is 0.257 e. The molecule has 4 heteroatoms. The van der Waals surface area contributed by atoms with Gasteiger partial charge in [-0.1, -0.05) is 72.8 Å². The lowest BCUT2D eigenvalue weighted by Gasteiger charge is -2.13. The maximum absolute atomic E-state index is 12.7. The van der Waals surface area contributed by atoms with Crippen molar-refractivity contribution in [2.24, 2.45) is 0 Å². The molecule has 2 N–H and O–H groups in total. The quantitative estimate of drug-likeness (QED) is 0.420. The van der Waals surface area contributed by atoms with Crippen molar-refractivity contribution >= 4 is 10.9 Å². The zero-order chi connectivity index (χ0) is 20.5. The van der Waals surface area contributed by atoms with Crippen LogP contribution in [-0.2, 0) is 0 Å². The van der Waals surface area contributed by atoms with Crippen molar-refractivity contribution in [1.82, 2.24) is 9.97 Å². The minimum absolute atomic E-state index is 0.183. The van der Waals surface area contributed by atoms with E-state index in [1.807, 2.05) is 78.9 Å². The molecule has 0 saturated heterocycles. The molecule has 0 amide bonds. The van der Waals surface area contributed by atoms with Crippen LogP contribution in [0.5, 0.6) is 5.75 Å². The summed E-state index contributed by atoms with van der Waals surface area (Å²) in [5.74, 6) is 0.191. The summed E-state index contributed by atoms with van der Waals surface area (Å²) < 4.78 is 0. The first-order valence-electron chi connectivity index (χ1n) is 9.67. The molecule has 0 radical (unpaired) electrons. The number of aromatic amines is 1. The highest BCUT2D eigenvalue weighted by Gasteiger charge is 2.16. The molecule has 0 spiro atoms. The standard InChI is InChI=1S/C26H18N2O2/c29-20-13-11-18(12-14-20)23-16-27-26(30)22-15-21(17-7-3-1-4-8-17)24(28-25(22)23)19-9-5-2-6-10-19/h1-16,29H,(H,27,30). The third-order valence-corrected chi connectivity index (χ3v) is 5.18. The number of fused-ring (bicyclic) bond motifs is 1. The molecule has 0 aliphatic rings. The Labute approximate surface area is 173 Å². The second-order valence-corrected chi connectivity index (χ2v) is 7.09. The van der Waals surface area contributed by atoms with Gasteiger partial charge in [-0.15, -0.1) is 0 Å². The number of benzene rings is 3. The molecule has 0 aliphatic carbocycles. The van der Waals surface area contributed by atoms with Gasteiger partial charge in [0.25, 0.3) is 5.56 Å². The highest BCUT2D eigenvalue weighted by Crippen LogP contribution is 2.35. The molecule has 3 aromatic carbocycles. The largest absolute Gasteiger partial charge is 0.508 e. The van der Waals surface area contributed by atoms with E-state index in [4.69, 9.17) is 4.98 Å². The highest BCUT2D eigenvalue weighted by atomic mass is 16.3. The lowest BCUT2D eigenvalue weighted by molar-refractivity contribution is 0.475. The van der Waals surface area contributed by atoms with E-state index >= 15 is 0 Å². The summed E-state index contributed by atoms with van der Waals surface area (Å²) in [4.78, 5) is 20.5. The molecule has 0 unspecified atom stereocenters. The molecule has 5 aromatic rings. The van der Waals surface area contributed by atoms with Crippen molar-refractivity contribution in [2.45, 2.75) is 0 Å². The molecule has 144 valence electrons. The van der Waals surface area contributed by atoms with Gasteiger partial charge in [-0.05, 0) is 29.3 Å². The van der Waals surface area contributed by atoms with Crippen LogP contribution in [0.3, 0.4) is 0 Å². The number of aromatic nitrogens is 2. The SMILES string of the molecule is O=c1[nH]cc(-c2ccc(O)cc2)c2nc(-c3ccccc3)c(-c3ccccc3)cc12. The summed E-state index contributed by atoms with van der Waals surface area (Å²) in [5.41, 5.74) is 5.83. The molecule has 0 aliphatic heterocycles. The predicted octanol–water partition coefficient (Wildman–Crippen LogP) is 5.63. The van der Waals surface area contributed by atoms with Crippen LogP contribution in [-0.4, -0.2) is 15.1 Å². The minimum Gasteiger partial charge on any atom is -0.508 e. The van der Waals surface area contributed by atoms with Gasteiger partial charge in [-0.2, -0.15) is 0 Å². The van der Waals surface area contributed by atoms with E-state index in [0.717, 1.165) is 33.5 Å². The lowest BCUT2D eigenvalue weighted by atomic mass is 9.96. The van der Waals surface area contributed by atoms with E-state index < -0.39 is 0 Å². The number of hydrogen-bond acceptors (Lipinski definition) is 3. The van der Waals surface area contributed by atoms with Crippen molar-refractivity contribution in [2.75, 3.05) is 0 Å². The second-order valence-electron chi connectivity index (χ2n) is 7.09. The van der Waals surface area contributed by atoms with E-state index in [-0.39, 0.29) is 11.3 Å². The zero-order valence-corrected chi connectivity index (χ0v) is 16.0. The Morgan fingerprint density at radius 1 is 0.700 bits per heavy atom. The van der Waals surface area contributed by atoms with Crippen LogP contribution >= 0.6 is 0 Å². The number of phenols is 1. The van der Waals surface area contributed by atoms with E-state index in [1.165, 1.54) is 0 Å². The molecule has 5 rings (SSSR count). The molecule has 0 fully saturated rings. The normalized spacial score (nSPS) is 10.9. The third-order valence-electron chi connectivity index (χ3n) is 5.18. The number of nitrogens with zero attached hydrogens (tertiary/aromatic N) is 1. The number of H-pyrrole nitrogens is 1. The lowest BCUT2D eigenvalue weighted by Crippen LogP contribution is -2.08. The Kier molecular flexibility index (Phi) is 4.37. The van der Waals surface area contributed by atoms with Crippen LogP contribution in [0, 0.1) is 0 Å². The van der Waals surface area contributed by atoms with Gasteiger partial charge in [-0.3, -0.25) is 4.79 Å². The molecule has 4 nitrogen and oxygen atoms in total. The number of phenolic OH excluding ortho intramolecular Hbond substituents is 1. The first-order valence-corrected chi connectivity index (χ1v) is 9.67. The summed E-state index contributed by atoms with van der Waals surface area (Å²) in [6, 6.07) is 28.8. The van der Waals surface area contributed by atoms with Crippen molar-refractivity contribution in [1.29, 1.82) is 0 Å². The van der Waals surface area contributed by atoms with Gasteiger partial charge < -0.3 is 10.1 Å². The number of hydrogen-bond donors (Lipinski definition) is 2. The van der Waals surface area contributed by atoms with Crippen LogP contribution in [0.4, 0.5) is 0 Å². The summed E-state index contributed by atoms with van der Waals surface area (Å²) in [5, 5.41) is 10.2. The summed E-state index contributed by atoms with van der Waals surface area (Å²) in [6.07, 6.45) is 1.68. The van der Waals surface area contributed by atoms with E-state index in [1.54, 1.807) is 18.3 Å². The maximum atomic E-state index is 12.7. The average Bonchev–Trinajstić information content (AvgIpc) is 2.81. The summed E-state index contributed by atoms with van der Waals surface area (Å²) in [7, 11) is 0. The number of nitrogens with one attached hydrogen (secondary N) is 1. The van der Waals surface area contributed by atoms with Crippen molar-refractivity contribution in [3.8, 4) is 39.3 Å². The summed E-state index contributed by atoms with van der Waals surface area (Å²) in [6.45, 7) is 0. The van der Waals surface area contributed by atoms with Gasteiger partial charge in [-0.25, -0.2) is 4.98 Å². The molecule has 2 aromatic heterocycles. The molecule has 0 saturated carbocycles. The van der Waals surface area contributed by atoms with Gasteiger partial charge >= 0.3 is 0 Å². The molecular weight excluding hydrogens is 372 g/mol. The number of aromatic hydroxyl groups is 1. The average molecular weight is 390 g/mol. The molecule has 0 atom stereocenters. The van der Waals surface area contributed by atoms with E-state index in [0.29, 0.717) is 10.9 Å². The van der Waals surface area contributed by atoms with Crippen LogP contribution < -0.4 is 5.56 Å². The molecular formula is C26H18N2O2. The second kappa shape index (κ2) is 7.33. The molecule has 30 heavy (non-hydrogen) atoms. The Morgan fingerprint density at radius 2 is 1.30 bits per heavy atom. The van der Waals surface area contributed by atoms with E-state index in [2.05, 4.69) is 4.98 Å². The topological polar surface area (TPSA) is 66.0 Å². The molecule has 2 heterocycles. The van der Waals surface area contributed by atoms with Gasteiger partial charge in [0.15, 0.2) is 0 Å². The monoisotopic (exact) mass is 390 g/mol. The van der Waals surface area contributed by atoms with Crippen molar-refractivity contribution < 1.29 is 5.11 Å². The molecule has 0 bridgehead atoms. The van der Waals surface area contributed by atoms with Crippen molar-refractivity contribution in [3.05, 3.63) is 108 Å². The Morgan fingerprint density at radius 3 is 1.97 bits per heavy atom. The first kappa shape index (κ1) is 17.9. The van der Waals surface area contributed by atoms with Crippen LogP contribution in [0.15, 0.2) is 102 Å². The number of pyridine rings is 2. The predicted molar refractivity (Wildman–Crippen MR) is 120 cm³/mol. The van der Waals surface area contributed by atoms with Gasteiger partial charge in [0, 0.05) is 22.9 Å². The maximum Gasteiger partial charge on any atom is 0.257 e.